The molecule has 0 radical (unpaired) electrons. The summed E-state index contributed by atoms with van der Waals surface area (Å²) in [5.41, 5.74) is 8.91. The third-order valence-electron chi connectivity index (χ3n) is 5.25. The number of carbonyl (C=O) groups excluding carboxylic acids is 2. The first-order chi connectivity index (χ1) is 15.9. The number of amides is 2. The fourth-order valence-electron chi connectivity index (χ4n) is 3.48. The molecule has 2 aromatic carbocycles. The Balaban J connectivity index is 1.75. The van der Waals surface area contributed by atoms with Crippen LogP contribution in [0.25, 0.3) is 10.4 Å². The zero-order valence-corrected chi connectivity index (χ0v) is 20.4. The zero-order valence-electron chi connectivity index (χ0n) is 18.8. The molecule has 8 heteroatoms. The van der Waals surface area contributed by atoms with Gasteiger partial charge in [-0.05, 0) is 36.6 Å². The van der Waals surface area contributed by atoms with Gasteiger partial charge < -0.3 is 16.4 Å². The molecule has 3 aromatic rings. The lowest BCUT2D eigenvalue weighted by atomic mass is 10.1. The summed E-state index contributed by atoms with van der Waals surface area (Å²) in [5.74, 6) is -0.446. The van der Waals surface area contributed by atoms with E-state index < -0.39 is 6.04 Å². The van der Waals surface area contributed by atoms with Gasteiger partial charge in [0.05, 0.1) is 15.6 Å². The van der Waals surface area contributed by atoms with Crippen LogP contribution in [0, 0.1) is 6.92 Å². The molecule has 1 heterocycles. The summed E-state index contributed by atoms with van der Waals surface area (Å²) in [6.07, 6.45) is 1.22. The van der Waals surface area contributed by atoms with E-state index in [1.54, 1.807) is 6.92 Å². The van der Waals surface area contributed by atoms with Crippen molar-refractivity contribution >= 4 is 34.8 Å². The highest BCUT2D eigenvalue weighted by molar-refractivity contribution is 7.15. The summed E-state index contributed by atoms with van der Waals surface area (Å²) >= 11 is 7.52. The molecule has 33 heavy (non-hydrogen) atoms. The fourth-order valence-corrected chi connectivity index (χ4v) is 4.72. The predicted molar refractivity (Wildman–Crippen MR) is 134 cm³/mol. The lowest BCUT2D eigenvalue weighted by Crippen LogP contribution is -2.52. The number of nitrogens with zero attached hydrogens (tertiary/aromatic N) is 1. The summed E-state index contributed by atoms with van der Waals surface area (Å²) in [6.45, 7) is 3.99. The second-order valence-electron chi connectivity index (χ2n) is 7.84. The highest BCUT2D eigenvalue weighted by Crippen LogP contribution is 2.31. The minimum atomic E-state index is -0.731. The number of hydrogen-bond acceptors (Lipinski definition) is 5. The molecule has 1 aromatic heterocycles. The molecule has 0 saturated heterocycles. The number of rotatable bonds is 10. The van der Waals surface area contributed by atoms with E-state index in [1.165, 1.54) is 11.3 Å². The molecule has 174 valence electrons. The van der Waals surface area contributed by atoms with Gasteiger partial charge in [-0.3, -0.25) is 9.59 Å². The van der Waals surface area contributed by atoms with Crippen molar-refractivity contribution in [3.05, 3.63) is 75.9 Å². The van der Waals surface area contributed by atoms with Gasteiger partial charge >= 0.3 is 0 Å². The summed E-state index contributed by atoms with van der Waals surface area (Å²) in [7, 11) is 0. The SMILES string of the molecule is CCC(=O)NC(Cc1nc(C)c(-c2ccc(Cl)cc2)s1)C(=O)NC(CN)Cc1ccccc1. The van der Waals surface area contributed by atoms with Crippen molar-refractivity contribution < 1.29 is 9.59 Å². The van der Waals surface area contributed by atoms with E-state index in [0.29, 0.717) is 30.8 Å². The maximum atomic E-state index is 13.1. The Labute approximate surface area is 203 Å². The number of thiazole rings is 1. The number of benzene rings is 2. The Morgan fingerprint density at radius 3 is 2.39 bits per heavy atom. The molecular weight excluding hydrogens is 456 g/mol. The molecule has 2 atom stereocenters. The van der Waals surface area contributed by atoms with E-state index in [1.807, 2.05) is 61.5 Å². The van der Waals surface area contributed by atoms with Crippen LogP contribution < -0.4 is 16.4 Å². The third kappa shape index (κ3) is 7.12. The molecule has 0 aliphatic carbocycles. The standard InChI is InChI=1S/C25H29ClN4O2S/c1-3-22(31)30-21(25(32)29-20(15-27)13-17-7-5-4-6-8-17)14-23-28-16(2)24(33-23)18-9-11-19(26)12-10-18/h4-12,20-21H,3,13-15,27H2,1-2H3,(H,29,32)(H,30,31). The van der Waals surface area contributed by atoms with Crippen LogP contribution in [-0.4, -0.2) is 35.4 Å². The number of aromatic nitrogens is 1. The number of nitrogens with one attached hydrogen (secondary N) is 2. The van der Waals surface area contributed by atoms with E-state index >= 15 is 0 Å². The van der Waals surface area contributed by atoms with Crippen LogP contribution >= 0.6 is 22.9 Å². The van der Waals surface area contributed by atoms with Crippen LogP contribution in [0.1, 0.15) is 29.6 Å². The highest BCUT2D eigenvalue weighted by Gasteiger charge is 2.25. The quantitative estimate of drug-likeness (QED) is 0.406. The summed E-state index contributed by atoms with van der Waals surface area (Å²) in [4.78, 5) is 31.0. The number of halogens is 1. The second-order valence-corrected chi connectivity index (χ2v) is 9.36. The van der Waals surface area contributed by atoms with Crippen molar-refractivity contribution in [3.63, 3.8) is 0 Å². The molecule has 2 unspecified atom stereocenters. The van der Waals surface area contributed by atoms with Crippen LogP contribution in [0.3, 0.4) is 0 Å². The Morgan fingerprint density at radius 1 is 1.06 bits per heavy atom. The van der Waals surface area contributed by atoms with Gasteiger partial charge in [-0.25, -0.2) is 4.98 Å². The van der Waals surface area contributed by atoms with Crippen LogP contribution in [0.15, 0.2) is 54.6 Å². The Kier molecular flexibility index (Phi) is 9.00. The monoisotopic (exact) mass is 484 g/mol. The van der Waals surface area contributed by atoms with E-state index in [2.05, 4.69) is 15.6 Å². The van der Waals surface area contributed by atoms with Gasteiger partial charge in [-0.15, -0.1) is 11.3 Å². The minimum Gasteiger partial charge on any atom is -0.350 e. The Bertz CT molecular complexity index is 1070. The maximum absolute atomic E-state index is 13.1. The number of aryl methyl sites for hydroxylation is 1. The zero-order chi connectivity index (χ0) is 23.8. The van der Waals surface area contributed by atoms with Crippen molar-refractivity contribution in [1.29, 1.82) is 0 Å². The van der Waals surface area contributed by atoms with E-state index in [-0.39, 0.29) is 17.9 Å². The molecule has 0 aliphatic heterocycles. The number of carbonyl (C=O) groups is 2. The normalized spacial score (nSPS) is 12.7. The maximum Gasteiger partial charge on any atom is 0.243 e. The van der Waals surface area contributed by atoms with Crippen LogP contribution in [0.2, 0.25) is 5.02 Å². The van der Waals surface area contributed by atoms with Gasteiger partial charge in [-0.2, -0.15) is 0 Å². The Morgan fingerprint density at radius 2 is 1.76 bits per heavy atom. The summed E-state index contributed by atoms with van der Waals surface area (Å²) < 4.78 is 0. The number of nitrogens with two attached hydrogens (primary N) is 1. The topological polar surface area (TPSA) is 97.1 Å². The van der Waals surface area contributed by atoms with E-state index in [4.69, 9.17) is 17.3 Å². The average Bonchev–Trinajstić information content (AvgIpc) is 3.19. The number of hydrogen-bond donors (Lipinski definition) is 3. The second kappa shape index (κ2) is 11.9. The first kappa shape index (κ1) is 24.9. The molecule has 3 rings (SSSR count). The fraction of sp³-hybridized carbons (Fsp3) is 0.320. The molecule has 0 spiro atoms. The highest BCUT2D eigenvalue weighted by atomic mass is 35.5. The van der Waals surface area contributed by atoms with Gasteiger partial charge in [-0.1, -0.05) is 61.0 Å². The van der Waals surface area contributed by atoms with Gasteiger partial charge in [0.25, 0.3) is 0 Å². The first-order valence-electron chi connectivity index (χ1n) is 11.0. The van der Waals surface area contributed by atoms with Crippen LogP contribution in [0.4, 0.5) is 0 Å². The molecule has 0 saturated carbocycles. The Hall–Kier alpha value is -2.74. The van der Waals surface area contributed by atoms with Gasteiger partial charge in [0.15, 0.2) is 0 Å². The van der Waals surface area contributed by atoms with Crippen molar-refractivity contribution in [3.8, 4) is 10.4 Å². The molecule has 0 bridgehead atoms. The molecular formula is C25H29ClN4O2S. The predicted octanol–water partition coefficient (Wildman–Crippen LogP) is 3.90. The summed E-state index contributed by atoms with van der Waals surface area (Å²) in [5, 5.41) is 7.30. The lowest BCUT2D eigenvalue weighted by molar-refractivity contribution is -0.129. The van der Waals surface area contributed by atoms with E-state index in [0.717, 1.165) is 26.7 Å². The molecule has 0 fully saturated rings. The largest absolute Gasteiger partial charge is 0.350 e. The van der Waals surface area contributed by atoms with Gasteiger partial charge in [0.1, 0.15) is 6.04 Å². The van der Waals surface area contributed by atoms with Crippen molar-refractivity contribution in [2.75, 3.05) is 6.54 Å². The van der Waals surface area contributed by atoms with Crippen LogP contribution in [0.5, 0.6) is 0 Å². The van der Waals surface area contributed by atoms with Gasteiger partial charge in [0.2, 0.25) is 11.8 Å². The first-order valence-corrected chi connectivity index (χ1v) is 12.1. The molecule has 6 nitrogen and oxygen atoms in total. The summed E-state index contributed by atoms with van der Waals surface area (Å²) in [6, 6.07) is 16.5. The lowest BCUT2D eigenvalue weighted by Gasteiger charge is -2.22. The van der Waals surface area contributed by atoms with E-state index in [9.17, 15) is 9.59 Å². The van der Waals surface area contributed by atoms with Crippen molar-refractivity contribution in [2.24, 2.45) is 5.73 Å². The minimum absolute atomic E-state index is 0.186. The molecule has 2 amide bonds. The molecule has 4 N–H and O–H groups in total. The average molecular weight is 485 g/mol. The third-order valence-corrected chi connectivity index (χ3v) is 6.74. The van der Waals surface area contributed by atoms with Crippen LogP contribution in [-0.2, 0) is 22.4 Å². The smallest absolute Gasteiger partial charge is 0.243 e. The van der Waals surface area contributed by atoms with Crippen molar-refractivity contribution in [2.45, 2.75) is 45.2 Å². The van der Waals surface area contributed by atoms with Gasteiger partial charge in [0, 0.05) is 30.5 Å². The van der Waals surface area contributed by atoms with Crippen molar-refractivity contribution in [1.82, 2.24) is 15.6 Å². The molecule has 0 aliphatic rings.